The number of aromatic nitrogens is 2. The molecule has 1 N–H and O–H groups in total. The highest BCUT2D eigenvalue weighted by Crippen LogP contribution is 2.31. The standard InChI is InChI=1S/C28H22N2O3/c1-19-7-13-23(14-8-19)30-26-17-24(33-18-20-9-11-22(12-10-20)28(31)32)15-16-25(26)29-27(30)21-5-3-2-4-6-21/h2-17H,18H2,1H3,(H,31,32). The third-order valence-corrected chi connectivity index (χ3v) is 5.56. The number of carboxylic acid groups (broad SMARTS) is 1. The Hall–Kier alpha value is -4.38. The first-order valence-electron chi connectivity index (χ1n) is 10.7. The summed E-state index contributed by atoms with van der Waals surface area (Å²) in [6.07, 6.45) is 0. The predicted molar refractivity (Wildman–Crippen MR) is 129 cm³/mol. The largest absolute Gasteiger partial charge is 0.489 e. The fourth-order valence-corrected chi connectivity index (χ4v) is 3.79. The summed E-state index contributed by atoms with van der Waals surface area (Å²) < 4.78 is 8.19. The Labute approximate surface area is 191 Å². The molecule has 0 aliphatic carbocycles. The Kier molecular flexibility index (Phi) is 5.37. The van der Waals surface area contributed by atoms with Crippen molar-refractivity contribution in [3.05, 3.63) is 114 Å². The van der Waals surface area contributed by atoms with Crippen molar-refractivity contribution in [2.24, 2.45) is 0 Å². The van der Waals surface area contributed by atoms with E-state index >= 15 is 0 Å². The minimum absolute atomic E-state index is 0.260. The van der Waals surface area contributed by atoms with E-state index in [1.54, 1.807) is 24.3 Å². The average Bonchev–Trinajstić information content (AvgIpc) is 3.23. The van der Waals surface area contributed by atoms with Crippen LogP contribution >= 0.6 is 0 Å². The van der Waals surface area contributed by atoms with Crippen LogP contribution in [-0.4, -0.2) is 20.6 Å². The summed E-state index contributed by atoms with van der Waals surface area (Å²) in [5.41, 5.74) is 6.26. The molecule has 0 radical (unpaired) electrons. The minimum Gasteiger partial charge on any atom is -0.489 e. The summed E-state index contributed by atoms with van der Waals surface area (Å²) in [5.74, 6) is 0.653. The zero-order chi connectivity index (χ0) is 22.8. The van der Waals surface area contributed by atoms with Crippen molar-refractivity contribution >= 4 is 17.0 Å². The van der Waals surface area contributed by atoms with E-state index in [0.29, 0.717) is 6.61 Å². The van der Waals surface area contributed by atoms with Crippen LogP contribution < -0.4 is 4.74 Å². The first-order valence-corrected chi connectivity index (χ1v) is 10.7. The van der Waals surface area contributed by atoms with Gasteiger partial charge >= 0.3 is 5.97 Å². The van der Waals surface area contributed by atoms with E-state index < -0.39 is 5.97 Å². The van der Waals surface area contributed by atoms with Crippen LogP contribution in [0.25, 0.3) is 28.1 Å². The zero-order valence-electron chi connectivity index (χ0n) is 18.1. The number of carboxylic acids is 1. The van der Waals surface area contributed by atoms with Crippen molar-refractivity contribution in [3.8, 4) is 22.8 Å². The first-order chi connectivity index (χ1) is 16.1. The average molecular weight is 434 g/mol. The Morgan fingerprint density at radius 3 is 2.33 bits per heavy atom. The fourth-order valence-electron chi connectivity index (χ4n) is 3.79. The molecule has 4 aromatic carbocycles. The molecule has 0 aliphatic heterocycles. The van der Waals surface area contributed by atoms with E-state index in [1.807, 2.05) is 36.4 Å². The van der Waals surface area contributed by atoms with Gasteiger partial charge in [-0.1, -0.05) is 60.2 Å². The monoisotopic (exact) mass is 434 g/mol. The number of carbonyl (C=O) groups is 1. The van der Waals surface area contributed by atoms with Gasteiger partial charge in [0.1, 0.15) is 18.2 Å². The zero-order valence-corrected chi connectivity index (χ0v) is 18.1. The van der Waals surface area contributed by atoms with Crippen molar-refractivity contribution in [2.45, 2.75) is 13.5 Å². The van der Waals surface area contributed by atoms with Crippen LogP contribution in [-0.2, 0) is 6.61 Å². The second-order valence-corrected chi connectivity index (χ2v) is 7.91. The van der Waals surface area contributed by atoms with Crippen LogP contribution in [0.2, 0.25) is 0 Å². The SMILES string of the molecule is Cc1ccc(-n2c(-c3ccccc3)nc3ccc(OCc4ccc(C(=O)O)cc4)cc32)cc1. The highest BCUT2D eigenvalue weighted by Gasteiger charge is 2.15. The Morgan fingerprint density at radius 1 is 0.909 bits per heavy atom. The van der Waals surface area contributed by atoms with Crippen LogP contribution in [0.4, 0.5) is 0 Å². The van der Waals surface area contributed by atoms with E-state index in [2.05, 4.69) is 47.9 Å². The first kappa shape index (κ1) is 20.5. The molecule has 1 aromatic heterocycles. The number of ether oxygens (including phenoxy) is 1. The Morgan fingerprint density at radius 2 is 1.64 bits per heavy atom. The van der Waals surface area contributed by atoms with E-state index in [-0.39, 0.29) is 5.56 Å². The molecule has 0 atom stereocenters. The van der Waals surface area contributed by atoms with E-state index in [0.717, 1.165) is 39.4 Å². The Bertz CT molecular complexity index is 1420. The second kappa shape index (κ2) is 8.63. The normalized spacial score (nSPS) is 10.9. The molecule has 5 nitrogen and oxygen atoms in total. The van der Waals surface area contributed by atoms with Crippen molar-refractivity contribution in [2.75, 3.05) is 0 Å². The van der Waals surface area contributed by atoms with Gasteiger partial charge in [0.2, 0.25) is 0 Å². The smallest absolute Gasteiger partial charge is 0.335 e. The van der Waals surface area contributed by atoms with Crippen LogP contribution in [0.3, 0.4) is 0 Å². The maximum Gasteiger partial charge on any atom is 0.335 e. The molecule has 0 bridgehead atoms. The van der Waals surface area contributed by atoms with Crippen LogP contribution in [0.1, 0.15) is 21.5 Å². The lowest BCUT2D eigenvalue weighted by atomic mass is 10.1. The predicted octanol–water partition coefficient (Wildman–Crippen LogP) is 6.28. The summed E-state index contributed by atoms with van der Waals surface area (Å²) in [6, 6.07) is 31.1. The third-order valence-electron chi connectivity index (χ3n) is 5.56. The number of rotatable bonds is 6. The summed E-state index contributed by atoms with van der Waals surface area (Å²) in [7, 11) is 0. The maximum absolute atomic E-state index is 11.0. The summed E-state index contributed by atoms with van der Waals surface area (Å²) in [4.78, 5) is 16.0. The van der Waals surface area contributed by atoms with Gasteiger partial charge in [-0.05, 0) is 48.9 Å². The van der Waals surface area contributed by atoms with Crippen molar-refractivity contribution < 1.29 is 14.6 Å². The number of hydrogen-bond acceptors (Lipinski definition) is 3. The van der Waals surface area contributed by atoms with Crippen LogP contribution in [0.5, 0.6) is 5.75 Å². The molecule has 0 saturated carbocycles. The molecule has 5 rings (SSSR count). The molecule has 162 valence electrons. The van der Waals surface area contributed by atoms with Crippen LogP contribution in [0.15, 0.2) is 97.1 Å². The number of benzene rings is 4. The molecular weight excluding hydrogens is 412 g/mol. The van der Waals surface area contributed by atoms with Gasteiger partial charge in [-0.15, -0.1) is 0 Å². The van der Waals surface area contributed by atoms with E-state index in [1.165, 1.54) is 5.56 Å². The summed E-state index contributed by atoms with van der Waals surface area (Å²) >= 11 is 0. The number of hydrogen-bond donors (Lipinski definition) is 1. The van der Waals surface area contributed by atoms with Crippen molar-refractivity contribution in [1.82, 2.24) is 9.55 Å². The molecular formula is C28H22N2O3. The molecule has 0 saturated heterocycles. The summed E-state index contributed by atoms with van der Waals surface area (Å²) in [6.45, 7) is 2.42. The number of imidazole rings is 1. The van der Waals surface area contributed by atoms with Gasteiger partial charge in [0.05, 0.1) is 16.6 Å². The molecule has 0 fully saturated rings. The van der Waals surface area contributed by atoms with Crippen LogP contribution in [0, 0.1) is 6.92 Å². The molecule has 0 aliphatic rings. The molecule has 1 heterocycles. The molecule has 0 spiro atoms. The van der Waals surface area contributed by atoms with E-state index in [4.69, 9.17) is 14.8 Å². The quantitative estimate of drug-likeness (QED) is 0.342. The second-order valence-electron chi connectivity index (χ2n) is 7.91. The molecule has 5 heteroatoms. The minimum atomic E-state index is -0.938. The lowest BCUT2D eigenvalue weighted by molar-refractivity contribution is 0.0697. The molecule has 0 amide bonds. The highest BCUT2D eigenvalue weighted by molar-refractivity contribution is 5.87. The number of aryl methyl sites for hydroxylation is 1. The van der Waals surface area contributed by atoms with Gasteiger partial charge in [0.25, 0.3) is 0 Å². The maximum atomic E-state index is 11.0. The van der Waals surface area contributed by atoms with Gasteiger partial charge in [-0.3, -0.25) is 4.57 Å². The van der Waals surface area contributed by atoms with Gasteiger partial charge in [-0.2, -0.15) is 0 Å². The number of fused-ring (bicyclic) bond motifs is 1. The van der Waals surface area contributed by atoms with Gasteiger partial charge < -0.3 is 9.84 Å². The summed E-state index contributed by atoms with van der Waals surface area (Å²) in [5, 5.41) is 9.06. The van der Waals surface area contributed by atoms with E-state index in [9.17, 15) is 4.79 Å². The molecule has 33 heavy (non-hydrogen) atoms. The Balaban J connectivity index is 1.53. The van der Waals surface area contributed by atoms with Crippen molar-refractivity contribution in [1.29, 1.82) is 0 Å². The fraction of sp³-hybridized carbons (Fsp3) is 0.0714. The van der Waals surface area contributed by atoms with Crippen molar-refractivity contribution in [3.63, 3.8) is 0 Å². The number of nitrogens with zero attached hydrogens (tertiary/aromatic N) is 2. The van der Waals surface area contributed by atoms with Gasteiger partial charge in [-0.25, -0.2) is 9.78 Å². The number of aromatic carboxylic acids is 1. The lowest BCUT2D eigenvalue weighted by Crippen LogP contribution is -2.00. The molecule has 5 aromatic rings. The third kappa shape index (κ3) is 4.21. The topological polar surface area (TPSA) is 64.4 Å². The highest BCUT2D eigenvalue weighted by atomic mass is 16.5. The lowest BCUT2D eigenvalue weighted by Gasteiger charge is -2.11. The van der Waals surface area contributed by atoms with Gasteiger partial charge in [0.15, 0.2) is 0 Å². The van der Waals surface area contributed by atoms with Gasteiger partial charge in [0, 0.05) is 17.3 Å². The molecule has 0 unspecified atom stereocenters.